The minimum Gasteiger partial charge on any atom is -0.463 e. The van der Waals surface area contributed by atoms with Gasteiger partial charge in [0.2, 0.25) is 0 Å². The smallest absolute Gasteiger partial charge is 0.463 e. The molecule has 0 fully saturated rings. The summed E-state index contributed by atoms with van der Waals surface area (Å²) in [5.41, 5.74) is 0. The van der Waals surface area contributed by atoms with Crippen molar-refractivity contribution in [2.75, 3.05) is 39.6 Å². The Morgan fingerprint density at radius 3 is 0.653 bits per heavy atom. The number of unbranched alkanes of at least 4 members (excludes halogenated alkanes) is 40. The molecule has 18 heteroatoms. The van der Waals surface area contributed by atoms with Crippen LogP contribution in [-0.2, 0) is 55.8 Å². The van der Waals surface area contributed by atoms with Crippen molar-refractivity contribution >= 4 is 33.6 Å². The number of carbonyl (C=O) groups is 3. The van der Waals surface area contributed by atoms with E-state index in [-0.39, 0.29) is 19.3 Å². The zero-order valence-corrected chi connectivity index (χ0v) is 78.4. The third kappa shape index (κ3) is 95.4. The predicted octanol–water partition coefficient (Wildman–Crippen LogP) is 30.2. The fraction of sp³-hybridized carbons (Fsp3) is 0.699. The number of phosphoric ester groups is 2. The molecule has 0 aromatic heterocycles. The number of rotatable bonds is 91. The van der Waals surface area contributed by atoms with Crippen LogP contribution in [0.2, 0.25) is 0 Å². The number of aliphatic hydroxyl groups is 2. The van der Waals surface area contributed by atoms with E-state index in [1.165, 1.54) is 193 Å². The van der Waals surface area contributed by atoms with Crippen LogP contribution in [0.5, 0.6) is 0 Å². The van der Waals surface area contributed by atoms with Gasteiger partial charge in [-0.05, 0) is 148 Å². The van der Waals surface area contributed by atoms with Crippen molar-refractivity contribution in [3.63, 3.8) is 0 Å². The molecule has 16 nitrogen and oxygen atoms in total. The topological polar surface area (TPSA) is 231 Å². The predicted molar refractivity (Wildman–Crippen MR) is 509 cm³/mol. The normalized spacial score (nSPS) is 14.5. The van der Waals surface area contributed by atoms with Gasteiger partial charge in [0, 0.05) is 19.3 Å². The molecular weight excluding hydrogens is 1560 g/mol. The summed E-state index contributed by atoms with van der Waals surface area (Å²) in [5.74, 6) is -1.59. The molecule has 5 unspecified atom stereocenters. The first kappa shape index (κ1) is 116. The molecule has 0 spiro atoms. The van der Waals surface area contributed by atoms with Crippen LogP contribution < -0.4 is 0 Å². The van der Waals surface area contributed by atoms with E-state index in [9.17, 15) is 43.5 Å². The Balaban J connectivity index is 4.45. The second-order valence-corrected chi connectivity index (χ2v) is 35.0. The van der Waals surface area contributed by atoms with Crippen LogP contribution in [0, 0.1) is 0 Å². The maximum absolute atomic E-state index is 13.0. The van der Waals surface area contributed by atoms with Gasteiger partial charge in [-0.3, -0.25) is 32.5 Å². The Morgan fingerprint density at radius 2 is 0.413 bits per heavy atom. The lowest BCUT2D eigenvalue weighted by molar-refractivity contribution is -0.161. The van der Waals surface area contributed by atoms with Crippen LogP contribution >= 0.6 is 15.6 Å². The Labute approximate surface area is 739 Å². The number of ether oxygens (including phenoxy) is 3. The number of carbonyl (C=O) groups excluding carboxylic acids is 3. The lowest BCUT2D eigenvalue weighted by Gasteiger charge is -2.21. The molecule has 0 aromatic rings. The summed E-state index contributed by atoms with van der Waals surface area (Å²) >= 11 is 0. The molecule has 0 aliphatic carbocycles. The van der Waals surface area contributed by atoms with Gasteiger partial charge in [-0.15, -0.1) is 0 Å². The first-order valence-electron chi connectivity index (χ1n) is 48.4. The van der Waals surface area contributed by atoms with Crippen molar-refractivity contribution in [2.45, 2.75) is 424 Å². The highest BCUT2D eigenvalue weighted by molar-refractivity contribution is 7.47. The fourth-order valence-electron chi connectivity index (χ4n) is 13.2. The third-order valence-corrected chi connectivity index (χ3v) is 22.3. The third-order valence-electron chi connectivity index (χ3n) is 20.4. The van der Waals surface area contributed by atoms with E-state index < -0.39 is 91.5 Å². The molecule has 0 aromatic carbocycles. The Bertz CT molecular complexity index is 2880. The molecule has 0 saturated heterocycles. The van der Waals surface area contributed by atoms with Gasteiger partial charge in [-0.25, -0.2) is 9.13 Å². The second-order valence-electron chi connectivity index (χ2n) is 32.1. The largest absolute Gasteiger partial charge is 0.472 e. The number of phosphoric acid groups is 2. The summed E-state index contributed by atoms with van der Waals surface area (Å²) in [6, 6.07) is 0. The zero-order chi connectivity index (χ0) is 87.9. The molecule has 0 amide bonds. The summed E-state index contributed by atoms with van der Waals surface area (Å²) in [5, 5.41) is 20.7. The molecule has 0 rings (SSSR count). The van der Waals surface area contributed by atoms with Crippen LogP contribution in [0.1, 0.15) is 406 Å². The molecule has 0 bridgehead atoms. The molecule has 121 heavy (non-hydrogen) atoms. The minimum atomic E-state index is -4.95. The standard InChI is InChI=1S/C103H176O16P2/c1-4-7-10-13-16-19-22-25-28-31-33-35-37-39-41-43-45-47-48-50-52-53-55-57-59-61-63-66-68-71-74-77-80-83-86-89-101(106)113-92-98(104)93-115-120(109,110)116-94-99(105)95-117-121(111,112)118-97-100(119-103(108)91-88-85-82-79-76-73-70-65-30-27-24-21-18-15-12-9-6-3)96-114-102(107)90-87-84-81-78-75-72-69-67-64-62-60-58-56-54-51-49-46-44-42-40-38-36-34-32-29-26-23-20-17-14-11-8-5-2/h7-12,16-21,25-30,33-36,39-42,70,73,98-100,104-105H,4-6,13-15,22-24,31-32,37-38,43-69,71-72,74-97H2,1-3H3,(H,109,110)(H,111,112)/b10-7-,11-8-,12-9-,19-16-,20-17-,21-18-,28-25-,29-26-,30-27-,35-33-,36-34-,41-39-,42-40-,73-70-. The lowest BCUT2D eigenvalue weighted by atomic mass is 10.0. The summed E-state index contributed by atoms with van der Waals surface area (Å²) < 4.78 is 61.5. The van der Waals surface area contributed by atoms with Crippen molar-refractivity contribution in [3.05, 3.63) is 170 Å². The second kappa shape index (κ2) is 94.1. The highest BCUT2D eigenvalue weighted by Crippen LogP contribution is 2.45. The number of hydrogen-bond donors (Lipinski definition) is 4. The fourth-order valence-corrected chi connectivity index (χ4v) is 14.8. The van der Waals surface area contributed by atoms with Gasteiger partial charge in [-0.1, -0.05) is 409 Å². The highest BCUT2D eigenvalue weighted by atomic mass is 31.2. The molecule has 0 radical (unpaired) electrons. The molecule has 0 aliphatic heterocycles. The van der Waals surface area contributed by atoms with Crippen molar-refractivity contribution in [2.24, 2.45) is 0 Å². The van der Waals surface area contributed by atoms with E-state index in [1.54, 1.807) is 0 Å². The van der Waals surface area contributed by atoms with Gasteiger partial charge in [0.05, 0.1) is 26.4 Å². The molecule has 5 atom stereocenters. The summed E-state index contributed by atoms with van der Waals surface area (Å²) in [7, 11) is -9.82. The quantitative estimate of drug-likeness (QED) is 0.0146. The monoisotopic (exact) mass is 1730 g/mol. The maximum Gasteiger partial charge on any atom is 0.472 e. The molecule has 694 valence electrons. The number of esters is 3. The van der Waals surface area contributed by atoms with Crippen LogP contribution in [0.25, 0.3) is 0 Å². The number of aliphatic hydroxyl groups excluding tert-OH is 2. The Kier molecular flexibility index (Phi) is 90.1. The van der Waals surface area contributed by atoms with E-state index in [0.29, 0.717) is 19.3 Å². The van der Waals surface area contributed by atoms with Crippen LogP contribution in [0.15, 0.2) is 170 Å². The van der Waals surface area contributed by atoms with Crippen LogP contribution in [0.3, 0.4) is 0 Å². The molecule has 4 N–H and O–H groups in total. The van der Waals surface area contributed by atoms with Gasteiger partial charge in [0.1, 0.15) is 25.4 Å². The Hall–Kier alpha value is -5.09. The highest BCUT2D eigenvalue weighted by Gasteiger charge is 2.30. The van der Waals surface area contributed by atoms with E-state index in [2.05, 4.69) is 191 Å². The molecular formula is C103H176O16P2. The van der Waals surface area contributed by atoms with E-state index >= 15 is 0 Å². The molecule has 0 saturated carbocycles. The average Bonchev–Trinajstić information content (AvgIpc) is 0.896. The van der Waals surface area contributed by atoms with Gasteiger partial charge in [0.15, 0.2) is 6.10 Å². The maximum atomic E-state index is 13.0. The molecule has 0 aliphatic rings. The SMILES string of the molecule is CC/C=C\C/C=C\C/C=C\C/C=C\C/C=C\CCCCCCCCCCCCCCCCCCCCCC(=O)OCC(O)COP(=O)(O)OCC(O)COP(=O)(O)OCC(COC(=O)CCCCCCCCCCCCCCCCCCC/C=C\C/C=C\C/C=C\C/C=C\C/C=C\CC)OC(=O)CCCCCC/C=C\C/C=C\C/C=C\C/C=C\CC. The van der Waals surface area contributed by atoms with E-state index in [4.69, 9.17) is 32.3 Å². The summed E-state index contributed by atoms with van der Waals surface area (Å²) in [4.78, 5) is 59.0. The molecule has 0 heterocycles. The van der Waals surface area contributed by atoms with Gasteiger partial charge < -0.3 is 34.2 Å². The van der Waals surface area contributed by atoms with Crippen molar-refractivity contribution in [1.82, 2.24) is 0 Å². The van der Waals surface area contributed by atoms with E-state index in [0.717, 1.165) is 154 Å². The van der Waals surface area contributed by atoms with Crippen LogP contribution in [0.4, 0.5) is 0 Å². The average molecular weight is 1730 g/mol. The van der Waals surface area contributed by atoms with Crippen molar-refractivity contribution in [1.29, 1.82) is 0 Å². The van der Waals surface area contributed by atoms with Gasteiger partial charge in [0.25, 0.3) is 0 Å². The van der Waals surface area contributed by atoms with Crippen molar-refractivity contribution in [3.8, 4) is 0 Å². The van der Waals surface area contributed by atoms with E-state index in [1.807, 2.05) is 0 Å². The minimum absolute atomic E-state index is 0.0747. The van der Waals surface area contributed by atoms with Gasteiger partial charge >= 0.3 is 33.6 Å². The first-order valence-corrected chi connectivity index (χ1v) is 51.4. The number of hydrogen-bond acceptors (Lipinski definition) is 14. The lowest BCUT2D eigenvalue weighted by Crippen LogP contribution is -2.30. The van der Waals surface area contributed by atoms with Crippen LogP contribution in [-0.4, -0.2) is 95.9 Å². The van der Waals surface area contributed by atoms with Crippen molar-refractivity contribution < 1.29 is 75.8 Å². The Morgan fingerprint density at radius 1 is 0.231 bits per heavy atom. The first-order chi connectivity index (χ1) is 59.2. The number of allylic oxidation sites excluding steroid dienone is 28. The summed E-state index contributed by atoms with van der Waals surface area (Å²) in [6.07, 6.45) is 123. The zero-order valence-electron chi connectivity index (χ0n) is 76.6. The summed E-state index contributed by atoms with van der Waals surface area (Å²) in [6.45, 7) is 2.37. The van der Waals surface area contributed by atoms with Gasteiger partial charge in [-0.2, -0.15) is 0 Å².